The Morgan fingerprint density at radius 2 is 2.10 bits per heavy atom. The molecular formula is C8H11IO. The fraction of sp³-hybridized carbons (Fsp3) is 0.875. The van der Waals surface area contributed by atoms with Gasteiger partial charge in [0.25, 0.3) is 0 Å². The van der Waals surface area contributed by atoms with E-state index in [-0.39, 0.29) is 0 Å². The number of fused-ring (bicyclic) bond motifs is 1. The first-order chi connectivity index (χ1) is 4.77. The average molecular weight is 250 g/mol. The Balaban J connectivity index is 2.12. The molecule has 2 heteroatoms. The van der Waals surface area contributed by atoms with Crippen molar-refractivity contribution < 1.29 is 4.79 Å². The van der Waals surface area contributed by atoms with Crippen LogP contribution in [0, 0.1) is 11.8 Å². The molecule has 0 bridgehead atoms. The van der Waals surface area contributed by atoms with Gasteiger partial charge in [0.15, 0.2) is 0 Å². The van der Waals surface area contributed by atoms with E-state index in [0.717, 1.165) is 28.6 Å². The van der Waals surface area contributed by atoms with E-state index >= 15 is 0 Å². The summed E-state index contributed by atoms with van der Waals surface area (Å²) < 4.78 is 0.800. The van der Waals surface area contributed by atoms with Crippen LogP contribution < -0.4 is 0 Å². The highest BCUT2D eigenvalue weighted by atomic mass is 127. The summed E-state index contributed by atoms with van der Waals surface area (Å²) in [6.07, 6.45) is 4.44. The number of hydrogen-bond donors (Lipinski definition) is 0. The van der Waals surface area contributed by atoms with Crippen molar-refractivity contribution in [3.05, 3.63) is 0 Å². The molecule has 2 fully saturated rings. The van der Waals surface area contributed by atoms with E-state index in [1.54, 1.807) is 0 Å². The maximum Gasteiger partial charge on any atom is 0.133 e. The molecule has 0 amide bonds. The zero-order chi connectivity index (χ0) is 7.14. The topological polar surface area (TPSA) is 17.1 Å². The molecule has 2 saturated carbocycles. The lowest BCUT2D eigenvalue weighted by Crippen LogP contribution is -2.07. The number of hydrogen-bond acceptors (Lipinski definition) is 1. The highest BCUT2D eigenvalue weighted by molar-refractivity contribution is 14.1. The molecule has 0 aromatic rings. The van der Waals surface area contributed by atoms with Gasteiger partial charge in [-0.3, -0.25) is 4.79 Å². The molecule has 2 rings (SSSR count). The van der Waals surface area contributed by atoms with E-state index in [0.29, 0.717) is 5.78 Å². The van der Waals surface area contributed by atoms with Crippen molar-refractivity contribution >= 4 is 28.4 Å². The van der Waals surface area contributed by atoms with Crippen molar-refractivity contribution in [3.63, 3.8) is 0 Å². The lowest BCUT2D eigenvalue weighted by molar-refractivity contribution is -0.117. The number of rotatable bonds is 0. The van der Waals surface area contributed by atoms with Crippen LogP contribution in [0.2, 0.25) is 0 Å². The van der Waals surface area contributed by atoms with Crippen molar-refractivity contribution in [1.29, 1.82) is 0 Å². The fourth-order valence-corrected chi connectivity index (χ4v) is 3.48. The number of alkyl halides is 1. The van der Waals surface area contributed by atoms with E-state index in [1.807, 2.05) is 0 Å². The van der Waals surface area contributed by atoms with Gasteiger partial charge in [0.2, 0.25) is 0 Å². The Morgan fingerprint density at radius 3 is 2.80 bits per heavy atom. The van der Waals surface area contributed by atoms with Crippen LogP contribution in [0.1, 0.15) is 25.7 Å². The number of ketones is 1. The summed E-state index contributed by atoms with van der Waals surface area (Å²) in [5.74, 6) is 2.04. The van der Waals surface area contributed by atoms with Crippen molar-refractivity contribution in [2.75, 3.05) is 0 Å². The molecule has 0 saturated heterocycles. The minimum Gasteiger partial charge on any atom is -0.300 e. The van der Waals surface area contributed by atoms with Gasteiger partial charge in [-0.25, -0.2) is 0 Å². The molecule has 2 aliphatic rings. The summed E-state index contributed by atoms with van der Waals surface area (Å²) in [7, 11) is 0. The second-order valence-corrected chi connectivity index (χ2v) is 5.06. The Hall–Kier alpha value is 0.400. The van der Waals surface area contributed by atoms with Gasteiger partial charge >= 0.3 is 0 Å². The molecule has 0 radical (unpaired) electrons. The van der Waals surface area contributed by atoms with E-state index in [2.05, 4.69) is 22.6 Å². The van der Waals surface area contributed by atoms with Crippen LogP contribution >= 0.6 is 22.6 Å². The van der Waals surface area contributed by atoms with Gasteiger partial charge in [-0.05, 0) is 24.7 Å². The summed E-state index contributed by atoms with van der Waals surface area (Å²) >= 11 is 2.51. The maximum absolute atomic E-state index is 11.0. The molecule has 56 valence electrons. The molecule has 10 heavy (non-hydrogen) atoms. The first-order valence-electron chi connectivity index (χ1n) is 3.93. The Kier molecular flexibility index (Phi) is 1.74. The van der Waals surface area contributed by atoms with Gasteiger partial charge in [-0.15, -0.1) is 0 Å². The van der Waals surface area contributed by atoms with E-state index in [4.69, 9.17) is 0 Å². The third kappa shape index (κ3) is 1.00. The van der Waals surface area contributed by atoms with Gasteiger partial charge in [0.1, 0.15) is 5.78 Å². The van der Waals surface area contributed by atoms with E-state index in [9.17, 15) is 4.79 Å². The number of halogens is 1. The molecule has 1 nitrogen and oxygen atoms in total. The highest BCUT2D eigenvalue weighted by Crippen LogP contribution is 2.45. The molecule has 0 aliphatic heterocycles. The minimum absolute atomic E-state index is 0.511. The quantitative estimate of drug-likeness (QED) is 0.475. The number of carbonyl (C=O) groups excluding carboxylic acids is 1. The SMILES string of the molecule is O=C1CC2CCC(I)C2C1. The first kappa shape index (κ1) is 7.07. The molecule has 0 aromatic carbocycles. The van der Waals surface area contributed by atoms with Crippen LogP contribution in [0.5, 0.6) is 0 Å². The third-order valence-corrected chi connectivity index (χ3v) is 4.38. The zero-order valence-electron chi connectivity index (χ0n) is 5.85. The highest BCUT2D eigenvalue weighted by Gasteiger charge is 2.41. The predicted octanol–water partition coefficient (Wildman–Crippen LogP) is 2.18. The lowest BCUT2D eigenvalue weighted by atomic mass is 10.0. The fourth-order valence-electron chi connectivity index (χ4n) is 2.28. The largest absolute Gasteiger partial charge is 0.300 e. The van der Waals surface area contributed by atoms with E-state index < -0.39 is 0 Å². The molecular weight excluding hydrogens is 239 g/mol. The van der Waals surface area contributed by atoms with Crippen molar-refractivity contribution in [2.24, 2.45) is 11.8 Å². The predicted molar refractivity (Wildman–Crippen MR) is 48.3 cm³/mol. The lowest BCUT2D eigenvalue weighted by Gasteiger charge is -2.09. The van der Waals surface area contributed by atoms with Crippen molar-refractivity contribution in [2.45, 2.75) is 29.6 Å². The molecule has 0 N–H and O–H groups in total. The molecule has 2 aliphatic carbocycles. The molecule has 0 spiro atoms. The van der Waals surface area contributed by atoms with Crippen LogP contribution in [0.4, 0.5) is 0 Å². The minimum atomic E-state index is 0.511. The average Bonchev–Trinajstić information content (AvgIpc) is 2.35. The Labute approximate surface area is 74.7 Å². The molecule has 0 heterocycles. The van der Waals surface area contributed by atoms with Gasteiger partial charge in [-0.2, -0.15) is 0 Å². The normalized spacial score (nSPS) is 46.1. The van der Waals surface area contributed by atoms with Gasteiger partial charge in [0.05, 0.1) is 0 Å². The summed E-state index contributed by atoms with van der Waals surface area (Å²) in [5, 5.41) is 0. The second-order valence-electron chi connectivity index (χ2n) is 3.46. The third-order valence-electron chi connectivity index (χ3n) is 2.84. The van der Waals surface area contributed by atoms with Crippen molar-refractivity contribution in [3.8, 4) is 0 Å². The van der Waals surface area contributed by atoms with E-state index in [1.165, 1.54) is 12.8 Å². The molecule has 3 unspecified atom stereocenters. The summed E-state index contributed by atoms with van der Waals surface area (Å²) in [5.41, 5.74) is 0. The first-order valence-corrected chi connectivity index (χ1v) is 5.17. The summed E-state index contributed by atoms with van der Waals surface area (Å²) in [6, 6.07) is 0. The second kappa shape index (κ2) is 2.47. The monoisotopic (exact) mass is 250 g/mol. The summed E-state index contributed by atoms with van der Waals surface area (Å²) in [4.78, 5) is 11.0. The van der Waals surface area contributed by atoms with Crippen LogP contribution in [-0.4, -0.2) is 9.71 Å². The van der Waals surface area contributed by atoms with Crippen LogP contribution in [0.3, 0.4) is 0 Å². The van der Waals surface area contributed by atoms with Gasteiger partial charge in [0, 0.05) is 16.8 Å². The number of Topliss-reactive ketones (excluding diaryl/α,β-unsaturated/α-hetero) is 1. The smallest absolute Gasteiger partial charge is 0.133 e. The Bertz CT molecular complexity index is 167. The van der Waals surface area contributed by atoms with Crippen LogP contribution in [-0.2, 0) is 4.79 Å². The van der Waals surface area contributed by atoms with Crippen LogP contribution in [0.25, 0.3) is 0 Å². The molecule has 3 atom stereocenters. The zero-order valence-corrected chi connectivity index (χ0v) is 8.00. The van der Waals surface area contributed by atoms with Gasteiger partial charge < -0.3 is 0 Å². The standard InChI is InChI=1S/C8H11IO/c9-8-2-1-5-3-6(10)4-7(5)8/h5,7-8H,1-4H2. The van der Waals surface area contributed by atoms with Crippen molar-refractivity contribution in [1.82, 2.24) is 0 Å². The number of carbonyl (C=O) groups is 1. The maximum atomic E-state index is 11.0. The van der Waals surface area contributed by atoms with Crippen LogP contribution in [0.15, 0.2) is 0 Å². The summed E-state index contributed by atoms with van der Waals surface area (Å²) in [6.45, 7) is 0. The Morgan fingerprint density at radius 1 is 1.30 bits per heavy atom. The molecule has 0 aromatic heterocycles. The van der Waals surface area contributed by atoms with Gasteiger partial charge in [-0.1, -0.05) is 22.6 Å².